The maximum absolute atomic E-state index is 12.8. The molecular weight excluding hydrogens is 601 g/mol. The van der Waals surface area contributed by atoms with Crippen molar-refractivity contribution in [2.45, 2.75) is 207 Å². The van der Waals surface area contributed by atoms with Gasteiger partial charge >= 0.3 is 0 Å². The molecule has 0 aliphatic rings. The lowest BCUT2D eigenvalue weighted by atomic mass is 10.0. The predicted molar refractivity (Wildman–Crippen MR) is 209 cm³/mol. The SMILES string of the molecule is CCCCCCCCCCCCCCCC[n+]1ccc(C(=O)C=C(O)c2cc[n+](CCCCCCCCCCCCCCCC)cc2)cc1. The fraction of sp³-hybridized carbons (Fsp3) is 0.711. The molecule has 4 heteroatoms. The van der Waals surface area contributed by atoms with Gasteiger partial charge in [0.1, 0.15) is 18.8 Å². The van der Waals surface area contributed by atoms with Crippen molar-refractivity contribution >= 4 is 11.5 Å². The number of aliphatic hydroxyl groups is 1. The van der Waals surface area contributed by atoms with Gasteiger partial charge in [0.2, 0.25) is 0 Å². The zero-order chi connectivity index (χ0) is 35.0. The van der Waals surface area contributed by atoms with Gasteiger partial charge in [0.15, 0.2) is 30.6 Å². The number of carbonyl (C=O) groups is 1. The molecular formula is C45H76N2O2+2. The maximum atomic E-state index is 12.8. The third-order valence-corrected chi connectivity index (χ3v) is 10.2. The fourth-order valence-corrected chi connectivity index (χ4v) is 6.82. The number of unbranched alkanes of at least 4 members (excludes halogenated alkanes) is 26. The molecule has 0 aliphatic heterocycles. The fourth-order valence-electron chi connectivity index (χ4n) is 6.82. The number of pyridine rings is 2. The van der Waals surface area contributed by atoms with Gasteiger partial charge in [-0.15, -0.1) is 0 Å². The molecule has 0 aromatic carbocycles. The highest BCUT2D eigenvalue weighted by molar-refractivity contribution is 6.07. The lowest BCUT2D eigenvalue weighted by molar-refractivity contribution is -0.697. The summed E-state index contributed by atoms with van der Waals surface area (Å²) in [6, 6.07) is 7.54. The zero-order valence-electron chi connectivity index (χ0n) is 32.2. The Morgan fingerprint density at radius 3 is 1.02 bits per heavy atom. The van der Waals surface area contributed by atoms with Crippen LogP contribution in [0.4, 0.5) is 0 Å². The van der Waals surface area contributed by atoms with Crippen LogP contribution in [-0.2, 0) is 13.1 Å². The van der Waals surface area contributed by atoms with E-state index in [9.17, 15) is 9.90 Å². The number of nitrogens with zero attached hydrogens (tertiary/aromatic N) is 2. The number of hydrogen-bond acceptors (Lipinski definition) is 2. The van der Waals surface area contributed by atoms with Crippen molar-refractivity contribution in [2.24, 2.45) is 0 Å². The van der Waals surface area contributed by atoms with Crippen LogP contribution in [0.3, 0.4) is 0 Å². The van der Waals surface area contributed by atoms with Gasteiger partial charge in [-0.25, -0.2) is 9.13 Å². The molecule has 49 heavy (non-hydrogen) atoms. The molecule has 1 N–H and O–H groups in total. The Labute approximate surface area is 302 Å². The van der Waals surface area contributed by atoms with E-state index in [2.05, 4.69) is 23.0 Å². The van der Waals surface area contributed by atoms with E-state index in [1.807, 2.05) is 49.1 Å². The monoisotopic (exact) mass is 677 g/mol. The van der Waals surface area contributed by atoms with Crippen LogP contribution in [0.25, 0.3) is 5.76 Å². The minimum Gasteiger partial charge on any atom is -0.507 e. The molecule has 0 radical (unpaired) electrons. The third kappa shape index (κ3) is 22.8. The van der Waals surface area contributed by atoms with Crippen LogP contribution in [0.1, 0.15) is 210 Å². The highest BCUT2D eigenvalue weighted by Gasteiger charge is 2.10. The van der Waals surface area contributed by atoms with Crippen molar-refractivity contribution in [3.8, 4) is 0 Å². The predicted octanol–water partition coefficient (Wildman–Crippen LogP) is 13.0. The quantitative estimate of drug-likeness (QED) is 0.0269. The average Bonchev–Trinajstić information content (AvgIpc) is 3.12. The summed E-state index contributed by atoms with van der Waals surface area (Å²) in [4.78, 5) is 12.8. The number of aryl methyl sites for hydroxylation is 2. The molecule has 2 rings (SSSR count). The van der Waals surface area contributed by atoms with E-state index < -0.39 is 0 Å². The lowest BCUT2D eigenvalue weighted by Gasteiger charge is -2.03. The summed E-state index contributed by atoms with van der Waals surface area (Å²) in [5.41, 5.74) is 1.28. The first-order chi connectivity index (χ1) is 24.1. The molecule has 0 atom stereocenters. The van der Waals surface area contributed by atoms with Gasteiger partial charge in [-0.3, -0.25) is 4.79 Å². The topological polar surface area (TPSA) is 45.1 Å². The maximum Gasteiger partial charge on any atom is 0.189 e. The number of aliphatic hydroxyl groups excluding tert-OH is 1. The Morgan fingerprint density at radius 2 is 0.714 bits per heavy atom. The Bertz CT molecular complexity index is 1080. The van der Waals surface area contributed by atoms with E-state index in [0.717, 1.165) is 13.1 Å². The highest BCUT2D eigenvalue weighted by Crippen LogP contribution is 2.15. The van der Waals surface area contributed by atoms with E-state index in [0.29, 0.717) is 11.1 Å². The normalized spacial score (nSPS) is 11.8. The molecule has 0 aliphatic carbocycles. The standard InChI is InChI=1S/C45H75N2O2/c1-3-5-7-9-11-13-15-17-19-21-23-25-27-29-35-46-37-31-42(32-38-46)44(48)41-45(49)43-33-39-47(40-34-43)36-30-28-26-24-22-20-18-16-14-12-10-8-6-4-2/h31-34,37-41H,3-30,35-36H2,1-2H3/q+1/p+1. The van der Waals surface area contributed by atoms with Crippen molar-refractivity contribution in [3.63, 3.8) is 0 Å². The second kappa shape index (κ2) is 30.3. The molecule has 0 unspecified atom stereocenters. The van der Waals surface area contributed by atoms with Crippen molar-refractivity contribution in [1.29, 1.82) is 0 Å². The molecule has 276 valence electrons. The first kappa shape index (κ1) is 42.7. The number of rotatable bonds is 33. The molecule has 0 fully saturated rings. The average molecular weight is 677 g/mol. The van der Waals surface area contributed by atoms with Crippen LogP contribution in [0, 0.1) is 0 Å². The van der Waals surface area contributed by atoms with Gasteiger partial charge in [-0.05, 0) is 12.8 Å². The van der Waals surface area contributed by atoms with Crippen molar-refractivity contribution in [3.05, 3.63) is 66.3 Å². The number of aromatic nitrogens is 2. The van der Waals surface area contributed by atoms with E-state index in [-0.39, 0.29) is 11.5 Å². The molecule has 2 aromatic rings. The van der Waals surface area contributed by atoms with Crippen molar-refractivity contribution < 1.29 is 19.0 Å². The van der Waals surface area contributed by atoms with Crippen LogP contribution in [-0.4, -0.2) is 10.9 Å². The molecule has 0 saturated heterocycles. The summed E-state index contributed by atoms with van der Waals surface area (Å²) in [6.45, 7) is 6.54. The van der Waals surface area contributed by atoms with Crippen molar-refractivity contribution in [1.82, 2.24) is 0 Å². The second-order valence-corrected chi connectivity index (χ2v) is 14.7. The lowest BCUT2D eigenvalue weighted by Crippen LogP contribution is -2.32. The number of hydrogen-bond donors (Lipinski definition) is 1. The summed E-state index contributed by atoms with van der Waals surface area (Å²) in [5, 5.41) is 10.6. The summed E-state index contributed by atoms with van der Waals surface area (Å²) >= 11 is 0. The van der Waals surface area contributed by atoms with Crippen LogP contribution in [0.5, 0.6) is 0 Å². The first-order valence-corrected chi connectivity index (χ1v) is 21.1. The molecule has 2 heterocycles. The van der Waals surface area contributed by atoms with E-state index in [1.54, 1.807) is 0 Å². The van der Waals surface area contributed by atoms with E-state index >= 15 is 0 Å². The third-order valence-electron chi connectivity index (χ3n) is 10.2. The summed E-state index contributed by atoms with van der Waals surface area (Å²) < 4.78 is 4.34. The smallest absolute Gasteiger partial charge is 0.189 e. The van der Waals surface area contributed by atoms with Gasteiger partial charge in [0.05, 0.1) is 0 Å². The van der Waals surface area contributed by atoms with Gasteiger partial charge in [0.25, 0.3) is 0 Å². The number of carbonyl (C=O) groups excluding carboxylic acids is 1. The summed E-state index contributed by atoms with van der Waals surface area (Å²) in [6.07, 6.45) is 47.7. The van der Waals surface area contributed by atoms with Gasteiger partial charge in [0, 0.05) is 54.3 Å². The van der Waals surface area contributed by atoms with Crippen LogP contribution in [0.15, 0.2) is 55.1 Å². The summed E-state index contributed by atoms with van der Waals surface area (Å²) in [7, 11) is 0. The molecule has 0 bridgehead atoms. The van der Waals surface area contributed by atoms with Crippen molar-refractivity contribution in [2.75, 3.05) is 0 Å². The molecule has 0 saturated carbocycles. The largest absolute Gasteiger partial charge is 0.507 e. The Hall–Kier alpha value is -2.49. The van der Waals surface area contributed by atoms with Gasteiger partial charge in [-0.2, -0.15) is 0 Å². The van der Waals surface area contributed by atoms with Crippen LogP contribution < -0.4 is 9.13 Å². The van der Waals surface area contributed by atoms with Gasteiger partial charge in [-0.1, -0.05) is 168 Å². The zero-order valence-corrected chi connectivity index (χ0v) is 32.2. The molecule has 2 aromatic heterocycles. The first-order valence-electron chi connectivity index (χ1n) is 21.1. The summed E-state index contributed by atoms with van der Waals surface area (Å²) in [5.74, 6) is -0.145. The van der Waals surface area contributed by atoms with E-state index in [1.165, 1.54) is 186 Å². The Balaban J connectivity index is 1.51. The minimum atomic E-state index is -0.166. The Morgan fingerprint density at radius 1 is 0.449 bits per heavy atom. The highest BCUT2D eigenvalue weighted by atomic mass is 16.3. The molecule has 0 amide bonds. The minimum absolute atomic E-state index is 0.0211. The second-order valence-electron chi connectivity index (χ2n) is 14.7. The van der Waals surface area contributed by atoms with Gasteiger partial charge < -0.3 is 5.11 Å². The van der Waals surface area contributed by atoms with E-state index in [4.69, 9.17) is 0 Å². The number of allylic oxidation sites excluding steroid dienone is 1. The Kier molecular flexibility index (Phi) is 26.4. The van der Waals surface area contributed by atoms with Crippen LogP contribution >= 0.6 is 0 Å². The van der Waals surface area contributed by atoms with Crippen LogP contribution in [0.2, 0.25) is 0 Å². The molecule has 4 nitrogen and oxygen atoms in total. The number of ketones is 1. The molecule has 0 spiro atoms.